The Kier molecular flexibility index (Phi) is 3.72. The van der Waals surface area contributed by atoms with E-state index >= 15 is 0 Å². The molecule has 1 aromatic heterocycles. The zero-order valence-electron chi connectivity index (χ0n) is 14.3. The SMILES string of the molecule is CSc1nc2n(n1)[C@H](c1ccccc1F)[C@H]1C(=O)CC(C)(C)C=C1N2. The molecule has 0 radical (unpaired) electrons. The van der Waals surface area contributed by atoms with Crippen LogP contribution in [0.2, 0.25) is 0 Å². The van der Waals surface area contributed by atoms with Crippen LogP contribution in [-0.4, -0.2) is 26.8 Å². The van der Waals surface area contributed by atoms with Crippen LogP contribution in [0.4, 0.5) is 10.3 Å². The molecule has 0 fully saturated rings. The number of benzene rings is 1. The largest absolute Gasteiger partial charge is 0.328 e. The molecule has 0 saturated carbocycles. The van der Waals surface area contributed by atoms with Gasteiger partial charge < -0.3 is 5.32 Å². The van der Waals surface area contributed by atoms with Gasteiger partial charge in [0, 0.05) is 17.7 Å². The molecule has 1 aliphatic carbocycles. The Bertz CT molecular complexity index is 889. The zero-order chi connectivity index (χ0) is 17.8. The lowest BCUT2D eigenvalue weighted by Crippen LogP contribution is -2.42. The second kappa shape index (κ2) is 5.69. The van der Waals surface area contributed by atoms with Crippen LogP contribution < -0.4 is 5.32 Å². The summed E-state index contributed by atoms with van der Waals surface area (Å²) < 4.78 is 16.2. The number of hydrogen-bond acceptors (Lipinski definition) is 5. The van der Waals surface area contributed by atoms with E-state index in [-0.39, 0.29) is 17.0 Å². The van der Waals surface area contributed by atoms with Crippen molar-refractivity contribution >= 4 is 23.5 Å². The number of carbonyl (C=O) groups is 1. The van der Waals surface area contributed by atoms with Crippen molar-refractivity contribution in [2.45, 2.75) is 31.5 Å². The fourth-order valence-electron chi connectivity index (χ4n) is 3.72. The number of nitrogens with zero attached hydrogens (tertiary/aromatic N) is 3. The van der Waals surface area contributed by atoms with E-state index in [0.29, 0.717) is 23.1 Å². The minimum Gasteiger partial charge on any atom is -0.328 e. The van der Waals surface area contributed by atoms with Gasteiger partial charge in [0.2, 0.25) is 11.1 Å². The van der Waals surface area contributed by atoms with Gasteiger partial charge in [0.25, 0.3) is 0 Å². The highest BCUT2D eigenvalue weighted by molar-refractivity contribution is 7.98. The molecule has 25 heavy (non-hydrogen) atoms. The number of fused-ring (bicyclic) bond motifs is 2. The van der Waals surface area contributed by atoms with Crippen LogP contribution in [0.15, 0.2) is 41.2 Å². The standard InChI is InChI=1S/C18H19FN4OS/c1-18(2)8-12-14(13(24)9-18)15(10-6-4-5-7-11(10)19)23-16(20-12)21-17(22-23)25-3/h4-8,14-15H,9H2,1-3H3,(H,20,21,22)/t14-,15-/m1/s1. The van der Waals surface area contributed by atoms with Gasteiger partial charge in [-0.05, 0) is 17.7 Å². The van der Waals surface area contributed by atoms with Crippen LogP contribution in [0.1, 0.15) is 31.9 Å². The highest BCUT2D eigenvalue weighted by atomic mass is 32.2. The zero-order valence-corrected chi connectivity index (χ0v) is 15.1. The van der Waals surface area contributed by atoms with E-state index in [0.717, 1.165) is 5.70 Å². The van der Waals surface area contributed by atoms with Crippen LogP contribution in [-0.2, 0) is 4.79 Å². The maximum absolute atomic E-state index is 14.6. The molecule has 1 aliphatic heterocycles. The number of rotatable bonds is 2. The summed E-state index contributed by atoms with van der Waals surface area (Å²) in [4.78, 5) is 17.4. The van der Waals surface area contributed by atoms with Crippen LogP contribution in [0.5, 0.6) is 0 Å². The molecule has 2 heterocycles. The van der Waals surface area contributed by atoms with Gasteiger partial charge in [-0.3, -0.25) is 4.79 Å². The molecule has 2 aromatic rings. The average Bonchev–Trinajstić information content (AvgIpc) is 2.95. The normalized spacial score (nSPS) is 24.2. The number of halogens is 1. The first-order valence-corrected chi connectivity index (χ1v) is 9.39. The number of hydrogen-bond donors (Lipinski definition) is 1. The maximum Gasteiger partial charge on any atom is 0.227 e. The van der Waals surface area contributed by atoms with E-state index in [1.807, 2.05) is 20.1 Å². The van der Waals surface area contributed by atoms with E-state index in [4.69, 9.17) is 0 Å². The minimum atomic E-state index is -0.527. The molecular weight excluding hydrogens is 339 g/mol. The Labute approximate surface area is 149 Å². The second-order valence-electron chi connectivity index (χ2n) is 7.17. The van der Waals surface area contributed by atoms with E-state index in [9.17, 15) is 9.18 Å². The van der Waals surface area contributed by atoms with Crippen molar-refractivity contribution in [3.63, 3.8) is 0 Å². The van der Waals surface area contributed by atoms with Gasteiger partial charge >= 0.3 is 0 Å². The summed E-state index contributed by atoms with van der Waals surface area (Å²) >= 11 is 1.42. The number of allylic oxidation sites excluding steroid dienone is 2. The summed E-state index contributed by atoms with van der Waals surface area (Å²) in [5.74, 6) is -0.173. The van der Waals surface area contributed by atoms with Gasteiger partial charge in [-0.25, -0.2) is 9.07 Å². The number of aromatic nitrogens is 3. The van der Waals surface area contributed by atoms with Crippen molar-refractivity contribution in [3.05, 3.63) is 47.4 Å². The molecule has 2 atom stereocenters. The van der Waals surface area contributed by atoms with E-state index in [2.05, 4.69) is 21.5 Å². The Balaban J connectivity index is 1.94. The summed E-state index contributed by atoms with van der Waals surface area (Å²) in [5.41, 5.74) is 1.02. The number of carbonyl (C=O) groups excluding carboxylic acids is 1. The predicted molar refractivity (Wildman–Crippen MR) is 94.9 cm³/mol. The molecule has 1 aromatic carbocycles. The van der Waals surface area contributed by atoms with Gasteiger partial charge in [0.1, 0.15) is 11.6 Å². The Hall–Kier alpha value is -2.15. The molecule has 5 nitrogen and oxygen atoms in total. The van der Waals surface area contributed by atoms with Crippen molar-refractivity contribution in [1.29, 1.82) is 0 Å². The lowest BCUT2D eigenvalue weighted by Gasteiger charge is -2.40. The van der Waals surface area contributed by atoms with Gasteiger partial charge in [-0.1, -0.05) is 49.9 Å². The summed E-state index contributed by atoms with van der Waals surface area (Å²) in [5, 5.41) is 8.34. The number of ketones is 1. The molecule has 4 rings (SSSR count). The smallest absolute Gasteiger partial charge is 0.227 e. The van der Waals surface area contributed by atoms with Gasteiger partial charge in [-0.15, -0.1) is 5.10 Å². The molecule has 0 spiro atoms. The van der Waals surface area contributed by atoms with Crippen molar-refractivity contribution in [2.24, 2.45) is 11.3 Å². The Morgan fingerprint density at radius 2 is 2.12 bits per heavy atom. The second-order valence-corrected chi connectivity index (χ2v) is 7.94. The lowest BCUT2D eigenvalue weighted by atomic mass is 9.72. The molecule has 0 amide bonds. The maximum atomic E-state index is 14.6. The molecule has 0 unspecified atom stereocenters. The van der Waals surface area contributed by atoms with Gasteiger partial charge in [0.15, 0.2) is 0 Å². The molecule has 130 valence electrons. The highest BCUT2D eigenvalue weighted by Gasteiger charge is 2.45. The minimum absolute atomic E-state index is 0.0927. The summed E-state index contributed by atoms with van der Waals surface area (Å²) in [6.45, 7) is 4.06. The third-order valence-corrected chi connectivity index (χ3v) is 5.25. The molecule has 7 heteroatoms. The fourth-order valence-corrected chi connectivity index (χ4v) is 4.07. The molecular formula is C18H19FN4OS. The van der Waals surface area contributed by atoms with Gasteiger partial charge in [0.05, 0.1) is 12.0 Å². The first-order valence-electron chi connectivity index (χ1n) is 8.17. The first-order chi connectivity index (χ1) is 11.9. The lowest BCUT2D eigenvalue weighted by molar-refractivity contribution is -0.125. The summed E-state index contributed by atoms with van der Waals surface area (Å²) in [6.07, 6.45) is 4.39. The Morgan fingerprint density at radius 3 is 2.84 bits per heavy atom. The van der Waals surface area contributed by atoms with E-state index in [1.54, 1.807) is 22.9 Å². The third-order valence-electron chi connectivity index (χ3n) is 4.71. The summed E-state index contributed by atoms with van der Waals surface area (Å²) in [6, 6.07) is 6.05. The molecule has 1 N–H and O–H groups in total. The average molecular weight is 358 g/mol. The van der Waals surface area contributed by atoms with Crippen molar-refractivity contribution in [2.75, 3.05) is 11.6 Å². The third kappa shape index (κ3) is 2.66. The van der Waals surface area contributed by atoms with Crippen LogP contribution in [0, 0.1) is 17.2 Å². The van der Waals surface area contributed by atoms with Crippen molar-refractivity contribution < 1.29 is 9.18 Å². The Morgan fingerprint density at radius 1 is 1.36 bits per heavy atom. The quantitative estimate of drug-likeness (QED) is 0.831. The van der Waals surface area contributed by atoms with Crippen LogP contribution in [0.25, 0.3) is 0 Å². The topological polar surface area (TPSA) is 59.8 Å². The number of thioether (sulfide) groups is 1. The molecule has 0 bridgehead atoms. The predicted octanol–water partition coefficient (Wildman–Crippen LogP) is 3.65. The highest BCUT2D eigenvalue weighted by Crippen LogP contribution is 2.45. The molecule has 0 saturated heterocycles. The van der Waals surface area contributed by atoms with E-state index in [1.165, 1.54) is 17.8 Å². The number of nitrogens with one attached hydrogen (secondary N) is 1. The van der Waals surface area contributed by atoms with Crippen molar-refractivity contribution in [3.8, 4) is 0 Å². The monoisotopic (exact) mass is 358 g/mol. The van der Waals surface area contributed by atoms with Crippen LogP contribution >= 0.6 is 11.8 Å². The van der Waals surface area contributed by atoms with Crippen LogP contribution in [0.3, 0.4) is 0 Å². The molecule has 2 aliphatic rings. The summed E-state index contributed by atoms with van der Waals surface area (Å²) in [7, 11) is 0. The fraction of sp³-hybridized carbons (Fsp3) is 0.389. The first kappa shape index (κ1) is 16.3. The van der Waals surface area contributed by atoms with Crippen molar-refractivity contribution in [1.82, 2.24) is 14.8 Å². The number of anilines is 1. The van der Waals surface area contributed by atoms with Gasteiger partial charge in [-0.2, -0.15) is 4.98 Å². The number of Topliss-reactive ketones (excluding diaryl/α,β-unsaturated/α-hetero) is 1. The van der Waals surface area contributed by atoms with E-state index < -0.39 is 12.0 Å².